The molecule has 20 heavy (non-hydrogen) atoms. The van der Waals surface area contributed by atoms with Crippen LogP contribution in [0.3, 0.4) is 0 Å². The third kappa shape index (κ3) is 1.90. The average molecular weight is 275 g/mol. The fourth-order valence-corrected chi connectivity index (χ4v) is 2.88. The molecule has 0 aromatic heterocycles. The van der Waals surface area contributed by atoms with Crippen molar-refractivity contribution in [3.05, 3.63) is 28.8 Å². The molecular weight excluding hydrogens is 254 g/mol. The van der Waals surface area contributed by atoms with Crippen LogP contribution >= 0.6 is 0 Å². The molecule has 0 spiro atoms. The normalized spacial score (nSPS) is 20.6. The number of fused-ring (bicyclic) bond motifs is 1. The van der Waals surface area contributed by atoms with Gasteiger partial charge < -0.3 is 9.64 Å². The Hall–Kier alpha value is -1.84. The second-order valence-electron chi connectivity index (χ2n) is 6.03. The van der Waals surface area contributed by atoms with Crippen LogP contribution in [0.15, 0.2) is 12.1 Å². The number of hydrogen-bond donors (Lipinski definition) is 0. The van der Waals surface area contributed by atoms with Crippen LogP contribution in [0.4, 0.5) is 5.69 Å². The summed E-state index contributed by atoms with van der Waals surface area (Å²) in [4.78, 5) is 26.1. The van der Waals surface area contributed by atoms with Crippen LogP contribution < -0.4 is 4.90 Å². The highest BCUT2D eigenvalue weighted by Crippen LogP contribution is 2.44. The minimum absolute atomic E-state index is 0.211. The number of carbonyl (C=O) groups excluding carboxylic acids is 2. The molecule has 0 saturated heterocycles. The summed E-state index contributed by atoms with van der Waals surface area (Å²) in [5.41, 5.74) is 3.60. The molecule has 0 bridgehead atoms. The predicted octanol–water partition coefficient (Wildman–Crippen LogP) is 2.35. The summed E-state index contributed by atoms with van der Waals surface area (Å²) >= 11 is 0. The molecule has 4 heteroatoms. The molecule has 0 fully saturated rings. The van der Waals surface area contributed by atoms with E-state index in [1.54, 1.807) is 11.9 Å². The summed E-state index contributed by atoms with van der Waals surface area (Å²) in [5.74, 6) is -1.49. The topological polar surface area (TPSA) is 46.6 Å². The first-order valence-corrected chi connectivity index (χ1v) is 6.69. The van der Waals surface area contributed by atoms with Gasteiger partial charge in [-0.25, -0.2) is 0 Å². The van der Waals surface area contributed by atoms with Gasteiger partial charge >= 0.3 is 5.97 Å². The van der Waals surface area contributed by atoms with Gasteiger partial charge in [-0.2, -0.15) is 0 Å². The maximum Gasteiger partial charge on any atom is 0.319 e. The first kappa shape index (κ1) is 14.6. The highest BCUT2D eigenvalue weighted by molar-refractivity contribution is 6.09. The van der Waals surface area contributed by atoms with Crippen LogP contribution in [0.2, 0.25) is 0 Å². The van der Waals surface area contributed by atoms with Gasteiger partial charge in [0.1, 0.15) is 5.92 Å². The Bertz CT molecular complexity index is 590. The third-order valence-electron chi connectivity index (χ3n) is 4.40. The van der Waals surface area contributed by atoms with E-state index in [1.165, 1.54) is 7.11 Å². The number of nitrogens with zero attached hydrogens (tertiary/aromatic N) is 1. The molecule has 2 rings (SSSR count). The fourth-order valence-electron chi connectivity index (χ4n) is 2.88. The minimum atomic E-state index is -0.799. The van der Waals surface area contributed by atoms with Gasteiger partial charge in [0, 0.05) is 18.2 Å². The highest BCUT2D eigenvalue weighted by Gasteiger charge is 2.49. The molecular formula is C16H21NO3. The zero-order valence-corrected chi connectivity index (χ0v) is 12.9. The predicted molar refractivity (Wildman–Crippen MR) is 77.9 cm³/mol. The quantitative estimate of drug-likeness (QED) is 0.584. The first-order valence-electron chi connectivity index (χ1n) is 6.69. The van der Waals surface area contributed by atoms with E-state index in [4.69, 9.17) is 4.74 Å². The lowest BCUT2D eigenvalue weighted by Gasteiger charge is -2.42. The van der Waals surface area contributed by atoms with Gasteiger partial charge in [-0.1, -0.05) is 19.9 Å². The molecule has 0 N–H and O–H groups in total. The van der Waals surface area contributed by atoms with E-state index in [-0.39, 0.29) is 5.91 Å². The van der Waals surface area contributed by atoms with Gasteiger partial charge in [0.25, 0.3) is 0 Å². The zero-order valence-electron chi connectivity index (χ0n) is 12.9. The Morgan fingerprint density at radius 3 is 2.35 bits per heavy atom. The molecule has 0 radical (unpaired) electrons. The number of anilines is 1. The smallest absolute Gasteiger partial charge is 0.319 e. The fraction of sp³-hybridized carbons (Fsp3) is 0.500. The number of methoxy groups -OCH3 is 1. The van der Waals surface area contributed by atoms with Gasteiger partial charge in [-0.3, -0.25) is 9.59 Å². The second-order valence-corrected chi connectivity index (χ2v) is 6.03. The second kappa shape index (κ2) is 4.62. The average Bonchev–Trinajstić information content (AvgIpc) is 2.38. The molecule has 0 saturated carbocycles. The Kier molecular flexibility index (Phi) is 3.36. The van der Waals surface area contributed by atoms with Crippen molar-refractivity contribution in [3.63, 3.8) is 0 Å². The van der Waals surface area contributed by atoms with Crippen molar-refractivity contribution in [3.8, 4) is 0 Å². The van der Waals surface area contributed by atoms with Crippen LogP contribution in [-0.4, -0.2) is 26.0 Å². The molecule has 0 aliphatic carbocycles. The first-order chi connectivity index (χ1) is 9.21. The lowest BCUT2D eigenvalue weighted by molar-refractivity contribution is -0.152. The Balaban J connectivity index is 2.70. The van der Waals surface area contributed by atoms with Gasteiger partial charge in [0.15, 0.2) is 0 Å². The van der Waals surface area contributed by atoms with Crippen LogP contribution in [-0.2, 0) is 19.7 Å². The molecule has 4 nitrogen and oxygen atoms in total. The number of carbonyl (C=O) groups is 2. The van der Waals surface area contributed by atoms with E-state index < -0.39 is 17.3 Å². The number of benzene rings is 1. The van der Waals surface area contributed by atoms with Gasteiger partial charge in [-0.15, -0.1) is 0 Å². The van der Waals surface area contributed by atoms with E-state index in [2.05, 4.69) is 6.07 Å². The van der Waals surface area contributed by atoms with Gasteiger partial charge in [0.2, 0.25) is 5.91 Å². The Morgan fingerprint density at radius 2 is 1.80 bits per heavy atom. The van der Waals surface area contributed by atoms with E-state index in [1.807, 2.05) is 33.8 Å². The van der Waals surface area contributed by atoms with E-state index >= 15 is 0 Å². The molecule has 1 atom stereocenters. The summed E-state index contributed by atoms with van der Waals surface area (Å²) < 4.78 is 4.83. The van der Waals surface area contributed by atoms with Crippen LogP contribution in [0.25, 0.3) is 0 Å². The van der Waals surface area contributed by atoms with E-state index in [9.17, 15) is 9.59 Å². The maximum absolute atomic E-state index is 12.5. The summed E-state index contributed by atoms with van der Waals surface area (Å²) in [7, 11) is 3.03. The summed E-state index contributed by atoms with van der Waals surface area (Å²) in [6, 6.07) is 4.08. The van der Waals surface area contributed by atoms with Crippen LogP contribution in [0.5, 0.6) is 0 Å². The van der Waals surface area contributed by atoms with Crippen molar-refractivity contribution in [2.45, 2.75) is 33.1 Å². The lowest BCUT2D eigenvalue weighted by atomic mass is 9.69. The van der Waals surface area contributed by atoms with E-state index in [0.717, 1.165) is 22.4 Å². The highest BCUT2D eigenvalue weighted by atomic mass is 16.5. The van der Waals surface area contributed by atoms with Crippen molar-refractivity contribution in [2.75, 3.05) is 19.1 Å². The Labute approximate surface area is 119 Å². The van der Waals surface area contributed by atoms with Crippen molar-refractivity contribution in [1.29, 1.82) is 0 Å². The standard InChI is InChI=1S/C16H21NO3/c1-9-7-11-12(8-10(9)2)17(5)14(18)13(15(19)20-6)16(11,3)4/h7-8,13H,1-6H3/t13-/m1/s1. The third-order valence-corrected chi connectivity index (χ3v) is 4.40. The number of aryl methyl sites for hydroxylation is 2. The summed E-state index contributed by atoms with van der Waals surface area (Å²) in [5, 5.41) is 0. The van der Waals surface area contributed by atoms with Crippen molar-refractivity contribution in [1.82, 2.24) is 0 Å². The molecule has 1 amide bonds. The van der Waals surface area contributed by atoms with Gasteiger partial charge in [0.05, 0.1) is 7.11 Å². The van der Waals surface area contributed by atoms with Crippen molar-refractivity contribution in [2.24, 2.45) is 5.92 Å². The summed E-state index contributed by atoms with van der Waals surface area (Å²) in [6.07, 6.45) is 0. The Morgan fingerprint density at radius 1 is 1.25 bits per heavy atom. The zero-order chi connectivity index (χ0) is 15.2. The molecule has 1 aliphatic rings. The molecule has 1 aromatic rings. The SMILES string of the molecule is COC(=O)[C@H]1C(=O)N(C)c2cc(C)c(C)cc2C1(C)C. The van der Waals surface area contributed by atoms with Crippen molar-refractivity contribution >= 4 is 17.6 Å². The van der Waals surface area contributed by atoms with Crippen molar-refractivity contribution < 1.29 is 14.3 Å². The van der Waals surface area contributed by atoms with Crippen LogP contribution in [0.1, 0.15) is 30.5 Å². The van der Waals surface area contributed by atoms with E-state index in [0.29, 0.717) is 0 Å². The number of rotatable bonds is 1. The molecule has 1 aliphatic heterocycles. The summed E-state index contributed by atoms with van der Waals surface area (Å²) in [6.45, 7) is 7.91. The molecule has 1 heterocycles. The molecule has 1 aromatic carbocycles. The monoisotopic (exact) mass is 275 g/mol. The molecule has 0 unspecified atom stereocenters. The number of esters is 1. The number of amides is 1. The lowest BCUT2D eigenvalue weighted by Crippen LogP contribution is -2.52. The molecule has 108 valence electrons. The maximum atomic E-state index is 12.5. The number of ether oxygens (including phenoxy) is 1. The number of hydrogen-bond acceptors (Lipinski definition) is 3. The largest absolute Gasteiger partial charge is 0.468 e. The van der Waals surface area contributed by atoms with Crippen LogP contribution in [0, 0.1) is 19.8 Å². The van der Waals surface area contributed by atoms with Gasteiger partial charge in [-0.05, 0) is 36.6 Å². The minimum Gasteiger partial charge on any atom is -0.468 e.